The molecule has 1 fully saturated rings. The first-order valence-corrected chi connectivity index (χ1v) is 5.40. The molecule has 0 aromatic carbocycles. The topological polar surface area (TPSA) is 69.7 Å². The smallest absolute Gasteiger partial charge is 0.321 e. The number of urea groups is 1. The number of nitrogens with one attached hydrogen (secondary N) is 1. The maximum Gasteiger partial charge on any atom is 0.321 e. The Kier molecular flexibility index (Phi) is 3.87. The normalized spacial score (nSPS) is 20.7. The predicted molar refractivity (Wildman–Crippen MR) is 57.6 cm³/mol. The summed E-state index contributed by atoms with van der Waals surface area (Å²) in [6, 6.07) is -0.855. The van der Waals surface area contributed by atoms with Gasteiger partial charge in [0.2, 0.25) is 11.8 Å². The second kappa shape index (κ2) is 4.96. The van der Waals surface area contributed by atoms with Crippen LogP contribution in [0.15, 0.2) is 0 Å². The number of amides is 4. The Hall–Kier alpha value is -1.59. The maximum atomic E-state index is 12.0. The monoisotopic (exact) mass is 227 g/mol. The lowest BCUT2D eigenvalue weighted by Gasteiger charge is -2.35. The van der Waals surface area contributed by atoms with E-state index in [4.69, 9.17) is 0 Å². The summed E-state index contributed by atoms with van der Waals surface area (Å²) < 4.78 is 0. The third kappa shape index (κ3) is 2.32. The average molecular weight is 227 g/mol. The minimum atomic E-state index is -0.592. The largest absolute Gasteiger partial charge is 0.325 e. The molecule has 6 heteroatoms. The minimum Gasteiger partial charge on any atom is -0.325 e. The van der Waals surface area contributed by atoms with Gasteiger partial charge in [0.25, 0.3) is 0 Å². The van der Waals surface area contributed by atoms with Crippen LogP contribution in [0.25, 0.3) is 0 Å². The van der Waals surface area contributed by atoms with Gasteiger partial charge in [-0.1, -0.05) is 0 Å². The van der Waals surface area contributed by atoms with Gasteiger partial charge in [-0.3, -0.25) is 14.9 Å². The van der Waals surface area contributed by atoms with Crippen molar-refractivity contribution >= 4 is 17.8 Å². The Labute approximate surface area is 94.6 Å². The molecule has 0 aromatic rings. The van der Waals surface area contributed by atoms with Crippen LogP contribution in [0.5, 0.6) is 0 Å². The Morgan fingerprint density at radius 2 is 2.00 bits per heavy atom. The van der Waals surface area contributed by atoms with Gasteiger partial charge in [0.05, 0.1) is 0 Å². The summed E-state index contributed by atoms with van der Waals surface area (Å²) in [5.74, 6) is -0.847. The highest BCUT2D eigenvalue weighted by Gasteiger charge is 2.34. The number of rotatable bonds is 2. The molecule has 1 saturated heterocycles. The summed E-state index contributed by atoms with van der Waals surface area (Å²) in [4.78, 5) is 37.4. The zero-order chi connectivity index (χ0) is 12.3. The molecule has 1 aliphatic rings. The molecule has 1 rings (SSSR count). The molecule has 1 heterocycles. The van der Waals surface area contributed by atoms with Crippen molar-refractivity contribution in [3.63, 3.8) is 0 Å². The highest BCUT2D eigenvalue weighted by Crippen LogP contribution is 2.08. The van der Waals surface area contributed by atoms with E-state index in [9.17, 15) is 14.4 Å². The van der Waals surface area contributed by atoms with Gasteiger partial charge in [-0.05, 0) is 20.8 Å². The van der Waals surface area contributed by atoms with Crippen molar-refractivity contribution in [2.45, 2.75) is 26.8 Å². The molecule has 0 aliphatic carbocycles. The average Bonchev–Trinajstić information content (AvgIpc) is 2.24. The quantitative estimate of drug-likeness (QED) is 0.664. The zero-order valence-corrected chi connectivity index (χ0v) is 9.82. The molecule has 6 nitrogen and oxygen atoms in total. The van der Waals surface area contributed by atoms with Gasteiger partial charge in [-0.25, -0.2) is 4.79 Å². The van der Waals surface area contributed by atoms with Crippen LogP contribution < -0.4 is 5.32 Å². The van der Waals surface area contributed by atoms with E-state index in [-0.39, 0.29) is 12.6 Å². The van der Waals surface area contributed by atoms with Crippen molar-refractivity contribution in [3.05, 3.63) is 0 Å². The molecular formula is C10H17N3O3. The van der Waals surface area contributed by atoms with Gasteiger partial charge in [0.1, 0.15) is 12.6 Å². The Bertz CT molecular complexity index is 312. The molecule has 90 valence electrons. The van der Waals surface area contributed by atoms with Crippen LogP contribution in [0.1, 0.15) is 20.8 Å². The standard InChI is InChI=1S/C10H17N3O3/c1-4-12(5-2)10(16)13-6-8(14)11-9(15)7(13)3/h7H,4-6H2,1-3H3,(H,11,14,15). The number of carbonyl (C=O) groups excluding carboxylic acids is 3. The van der Waals surface area contributed by atoms with Gasteiger partial charge in [0, 0.05) is 13.1 Å². The van der Waals surface area contributed by atoms with E-state index in [1.54, 1.807) is 11.8 Å². The number of nitrogens with zero attached hydrogens (tertiary/aromatic N) is 2. The molecular weight excluding hydrogens is 210 g/mol. The lowest BCUT2D eigenvalue weighted by molar-refractivity contribution is -0.138. The van der Waals surface area contributed by atoms with Crippen LogP contribution in [-0.4, -0.2) is 53.3 Å². The summed E-state index contributed by atoms with van der Waals surface area (Å²) in [5.41, 5.74) is 0. The minimum absolute atomic E-state index is 0.0533. The first-order chi connectivity index (χ1) is 7.51. The number of carbonyl (C=O) groups is 3. The van der Waals surface area contributed by atoms with Crippen LogP contribution in [0.3, 0.4) is 0 Å². The molecule has 0 radical (unpaired) electrons. The summed E-state index contributed by atoms with van der Waals surface area (Å²) in [7, 11) is 0. The fourth-order valence-electron chi connectivity index (χ4n) is 1.62. The summed E-state index contributed by atoms with van der Waals surface area (Å²) >= 11 is 0. The fraction of sp³-hybridized carbons (Fsp3) is 0.700. The third-order valence-electron chi connectivity index (χ3n) is 2.70. The van der Waals surface area contributed by atoms with Crippen LogP contribution >= 0.6 is 0 Å². The Morgan fingerprint density at radius 3 is 2.50 bits per heavy atom. The lowest BCUT2D eigenvalue weighted by Crippen LogP contribution is -2.61. The van der Waals surface area contributed by atoms with Crippen LogP contribution in [0.4, 0.5) is 4.79 Å². The first-order valence-electron chi connectivity index (χ1n) is 5.40. The summed E-state index contributed by atoms with van der Waals surface area (Å²) in [5, 5.41) is 2.20. The lowest BCUT2D eigenvalue weighted by atomic mass is 10.2. The van der Waals surface area contributed by atoms with E-state index in [2.05, 4.69) is 5.32 Å². The molecule has 4 amide bonds. The van der Waals surface area contributed by atoms with E-state index in [1.807, 2.05) is 13.8 Å². The molecule has 1 unspecified atom stereocenters. The number of piperazine rings is 1. The van der Waals surface area contributed by atoms with Crippen LogP contribution in [-0.2, 0) is 9.59 Å². The van der Waals surface area contributed by atoms with E-state index in [0.29, 0.717) is 13.1 Å². The molecule has 0 aromatic heterocycles. The van der Waals surface area contributed by atoms with Crippen molar-refractivity contribution in [1.82, 2.24) is 15.1 Å². The summed E-state index contributed by atoms with van der Waals surface area (Å²) in [6.45, 7) is 6.41. The SMILES string of the molecule is CCN(CC)C(=O)N1CC(=O)NC(=O)C1C. The molecule has 0 saturated carbocycles. The number of imide groups is 1. The second-order valence-electron chi connectivity index (χ2n) is 3.67. The molecule has 1 aliphatic heterocycles. The Balaban J connectivity index is 2.81. The molecule has 0 spiro atoms. The van der Waals surface area contributed by atoms with Gasteiger partial charge >= 0.3 is 6.03 Å². The predicted octanol–water partition coefficient (Wildman–Crippen LogP) is -0.205. The molecule has 1 N–H and O–H groups in total. The highest BCUT2D eigenvalue weighted by atomic mass is 16.2. The maximum absolute atomic E-state index is 12.0. The van der Waals surface area contributed by atoms with Gasteiger partial charge in [-0.2, -0.15) is 0 Å². The third-order valence-corrected chi connectivity index (χ3v) is 2.70. The van der Waals surface area contributed by atoms with Crippen LogP contribution in [0, 0.1) is 0 Å². The Morgan fingerprint density at radius 1 is 1.44 bits per heavy atom. The summed E-state index contributed by atoms with van der Waals surface area (Å²) in [6.07, 6.45) is 0. The van der Waals surface area contributed by atoms with Crippen molar-refractivity contribution in [1.29, 1.82) is 0 Å². The van der Waals surface area contributed by atoms with Gasteiger partial charge in [0.15, 0.2) is 0 Å². The number of hydrogen-bond acceptors (Lipinski definition) is 3. The molecule has 0 bridgehead atoms. The highest BCUT2D eigenvalue weighted by molar-refractivity contribution is 6.03. The molecule has 16 heavy (non-hydrogen) atoms. The fourth-order valence-corrected chi connectivity index (χ4v) is 1.62. The van der Waals surface area contributed by atoms with Crippen molar-refractivity contribution in [2.75, 3.05) is 19.6 Å². The van der Waals surface area contributed by atoms with Gasteiger partial charge < -0.3 is 9.80 Å². The van der Waals surface area contributed by atoms with Crippen molar-refractivity contribution in [2.24, 2.45) is 0 Å². The van der Waals surface area contributed by atoms with E-state index >= 15 is 0 Å². The molecule has 1 atom stereocenters. The van der Waals surface area contributed by atoms with Gasteiger partial charge in [-0.15, -0.1) is 0 Å². The van der Waals surface area contributed by atoms with E-state index in [0.717, 1.165) is 0 Å². The van der Waals surface area contributed by atoms with Crippen LogP contribution in [0.2, 0.25) is 0 Å². The van der Waals surface area contributed by atoms with Crippen molar-refractivity contribution < 1.29 is 14.4 Å². The van der Waals surface area contributed by atoms with E-state index in [1.165, 1.54) is 4.90 Å². The van der Waals surface area contributed by atoms with E-state index < -0.39 is 17.9 Å². The van der Waals surface area contributed by atoms with Crippen molar-refractivity contribution in [3.8, 4) is 0 Å². The first kappa shape index (κ1) is 12.5. The zero-order valence-electron chi connectivity index (χ0n) is 9.82. The second-order valence-corrected chi connectivity index (χ2v) is 3.67. The number of hydrogen-bond donors (Lipinski definition) is 1.